The number of nitrogens with one attached hydrogen (secondary N) is 2. The first-order chi connectivity index (χ1) is 15.4. The van der Waals surface area contributed by atoms with Gasteiger partial charge in [0.25, 0.3) is 0 Å². The Morgan fingerprint density at radius 2 is 1.73 bits per heavy atom. The summed E-state index contributed by atoms with van der Waals surface area (Å²) >= 11 is 0. The summed E-state index contributed by atoms with van der Waals surface area (Å²) in [6.07, 6.45) is 5.78. The van der Waals surface area contributed by atoms with Crippen LogP contribution in [0.1, 0.15) is 42.6 Å². The number of carbonyl (C=O) groups excluding carboxylic acids is 1. The molecule has 7 nitrogen and oxygen atoms in total. The van der Waals surface area contributed by atoms with E-state index >= 15 is 0 Å². The van der Waals surface area contributed by atoms with Gasteiger partial charge in [-0.3, -0.25) is 14.7 Å². The Morgan fingerprint density at radius 3 is 2.33 bits per heavy atom. The smallest absolute Gasteiger partial charge is 0.230 e. The minimum Gasteiger partial charge on any atom is -0.468 e. The van der Waals surface area contributed by atoms with E-state index in [0.29, 0.717) is 13.1 Å². The maximum absolute atomic E-state index is 12.8. The van der Waals surface area contributed by atoms with Crippen LogP contribution in [-0.2, 0) is 24.4 Å². The maximum atomic E-state index is 12.8. The fraction of sp³-hybridized carbons (Fsp3) is 0.520. The highest BCUT2D eigenvalue weighted by Crippen LogP contribution is 2.38. The molecule has 0 spiro atoms. The summed E-state index contributed by atoms with van der Waals surface area (Å²) in [7, 11) is 7.55. The molecule has 1 saturated carbocycles. The number of rotatable bonds is 9. The van der Waals surface area contributed by atoms with E-state index in [1.54, 1.807) is 18.2 Å². The van der Waals surface area contributed by atoms with Crippen LogP contribution in [0.4, 0.5) is 0 Å². The third-order valence-electron chi connectivity index (χ3n) is 6.25. The first-order valence-electron chi connectivity index (χ1n) is 11.4. The lowest BCUT2D eigenvalue weighted by atomic mass is 9.84. The van der Waals surface area contributed by atoms with Crippen LogP contribution < -0.4 is 10.6 Å². The zero-order valence-corrected chi connectivity index (χ0v) is 22.6. The van der Waals surface area contributed by atoms with Gasteiger partial charge in [0.15, 0.2) is 5.96 Å². The highest BCUT2D eigenvalue weighted by atomic mass is 127. The molecule has 1 aromatic heterocycles. The third-order valence-corrected chi connectivity index (χ3v) is 6.25. The van der Waals surface area contributed by atoms with E-state index in [1.807, 2.05) is 26.2 Å². The number of guanidine groups is 1. The highest BCUT2D eigenvalue weighted by molar-refractivity contribution is 14.0. The molecule has 1 amide bonds. The van der Waals surface area contributed by atoms with Crippen molar-refractivity contribution in [2.45, 2.75) is 45.3 Å². The molecule has 8 heteroatoms. The average Bonchev–Trinajstić information content (AvgIpc) is 3.47. The molecule has 2 N–H and O–H groups in total. The first-order valence-corrected chi connectivity index (χ1v) is 11.4. The molecule has 1 aliphatic carbocycles. The van der Waals surface area contributed by atoms with Crippen molar-refractivity contribution in [3.05, 3.63) is 59.5 Å². The summed E-state index contributed by atoms with van der Waals surface area (Å²) < 4.78 is 5.47. The Labute approximate surface area is 215 Å². The normalized spacial score (nSPS) is 15.2. The molecule has 0 unspecified atom stereocenters. The summed E-state index contributed by atoms with van der Waals surface area (Å²) in [5.41, 5.74) is 2.16. The van der Waals surface area contributed by atoms with Crippen LogP contribution >= 0.6 is 24.0 Å². The van der Waals surface area contributed by atoms with Crippen molar-refractivity contribution in [2.24, 2.45) is 10.4 Å². The van der Waals surface area contributed by atoms with Crippen molar-refractivity contribution in [2.75, 3.05) is 34.7 Å². The van der Waals surface area contributed by atoms with Gasteiger partial charge in [0.2, 0.25) is 5.91 Å². The van der Waals surface area contributed by atoms with Gasteiger partial charge in [-0.15, -0.1) is 24.0 Å². The first kappa shape index (κ1) is 27.2. The average molecular weight is 568 g/mol. The zero-order chi connectivity index (χ0) is 23.0. The van der Waals surface area contributed by atoms with Gasteiger partial charge in [0, 0.05) is 40.8 Å². The van der Waals surface area contributed by atoms with Gasteiger partial charge < -0.3 is 20.0 Å². The number of benzene rings is 1. The zero-order valence-electron chi connectivity index (χ0n) is 20.3. The molecule has 1 heterocycles. The van der Waals surface area contributed by atoms with Crippen molar-refractivity contribution < 1.29 is 9.21 Å². The van der Waals surface area contributed by atoms with Crippen molar-refractivity contribution >= 4 is 35.8 Å². The number of hydrogen-bond donors (Lipinski definition) is 2. The Kier molecular flexibility index (Phi) is 10.7. The highest BCUT2D eigenvalue weighted by Gasteiger charge is 2.42. The summed E-state index contributed by atoms with van der Waals surface area (Å²) in [6.45, 7) is 2.86. The lowest BCUT2D eigenvalue weighted by Crippen LogP contribution is -2.49. The summed E-state index contributed by atoms with van der Waals surface area (Å²) in [6, 6.07) is 12.4. The van der Waals surface area contributed by atoms with Gasteiger partial charge in [-0.25, -0.2) is 0 Å². The monoisotopic (exact) mass is 567 g/mol. The lowest BCUT2D eigenvalue weighted by molar-refractivity contribution is -0.138. The number of nitrogens with zero attached hydrogens (tertiary/aromatic N) is 3. The standard InChI is InChI=1S/C25H37N5O2.HI/c1-26-24(28-19-25(13-7-8-14-25)23(31)29(2)3)27-16-20-10-5-6-11-21(20)17-30(4)18-22-12-9-15-32-22;/h5-6,9-12,15H,7-8,13-14,16-19H2,1-4H3,(H2,26,27,28);1H. The largest absolute Gasteiger partial charge is 0.468 e. The second-order valence-corrected chi connectivity index (χ2v) is 8.99. The minimum atomic E-state index is -0.326. The summed E-state index contributed by atoms with van der Waals surface area (Å²) in [5, 5.41) is 6.85. The van der Waals surface area contributed by atoms with E-state index in [4.69, 9.17) is 4.42 Å². The fourth-order valence-electron chi connectivity index (χ4n) is 4.54. The van der Waals surface area contributed by atoms with Crippen LogP contribution in [0.25, 0.3) is 0 Å². The molecule has 0 aliphatic heterocycles. The van der Waals surface area contributed by atoms with E-state index in [0.717, 1.165) is 50.5 Å². The molecule has 1 aliphatic rings. The number of halogens is 1. The Bertz CT molecular complexity index is 892. The molecule has 33 heavy (non-hydrogen) atoms. The number of furan rings is 1. The van der Waals surface area contributed by atoms with Gasteiger partial charge in [-0.2, -0.15) is 0 Å². The second kappa shape index (κ2) is 13.0. The van der Waals surface area contributed by atoms with Crippen LogP contribution in [0.5, 0.6) is 0 Å². The van der Waals surface area contributed by atoms with E-state index in [2.05, 4.69) is 51.8 Å². The van der Waals surface area contributed by atoms with Crippen LogP contribution in [0, 0.1) is 5.41 Å². The van der Waals surface area contributed by atoms with Gasteiger partial charge >= 0.3 is 0 Å². The molecule has 0 bridgehead atoms. The SMILES string of the molecule is CN=C(NCc1ccccc1CN(C)Cc1ccco1)NCC1(C(=O)N(C)C)CCCC1.I. The molecule has 1 fully saturated rings. The lowest BCUT2D eigenvalue weighted by Gasteiger charge is -2.31. The third kappa shape index (κ3) is 7.46. The van der Waals surface area contributed by atoms with Gasteiger partial charge in [-0.05, 0) is 43.1 Å². The van der Waals surface area contributed by atoms with E-state index < -0.39 is 0 Å². The Hall–Kier alpha value is -2.07. The quantitative estimate of drug-likeness (QED) is 0.274. The molecule has 3 rings (SSSR count). The molecule has 0 radical (unpaired) electrons. The predicted molar refractivity (Wildman–Crippen MR) is 144 cm³/mol. The molecular formula is C25H38IN5O2. The summed E-state index contributed by atoms with van der Waals surface area (Å²) in [5.74, 6) is 1.89. The number of carbonyl (C=O) groups is 1. The van der Waals surface area contributed by atoms with E-state index in [1.165, 1.54) is 11.1 Å². The molecular weight excluding hydrogens is 529 g/mol. The van der Waals surface area contributed by atoms with E-state index in [9.17, 15) is 4.79 Å². The molecule has 0 atom stereocenters. The fourth-order valence-corrected chi connectivity index (χ4v) is 4.54. The van der Waals surface area contributed by atoms with Crippen molar-refractivity contribution in [1.29, 1.82) is 0 Å². The minimum absolute atomic E-state index is 0. The van der Waals surface area contributed by atoms with Crippen molar-refractivity contribution in [3.8, 4) is 0 Å². The summed E-state index contributed by atoms with van der Waals surface area (Å²) in [4.78, 5) is 21.2. The number of aliphatic imine (C=N–C) groups is 1. The van der Waals surface area contributed by atoms with Crippen molar-refractivity contribution in [1.82, 2.24) is 20.4 Å². The predicted octanol–water partition coefficient (Wildman–Crippen LogP) is 3.84. The van der Waals surface area contributed by atoms with Gasteiger partial charge in [0.05, 0.1) is 18.2 Å². The molecule has 0 saturated heterocycles. The van der Waals surface area contributed by atoms with Crippen LogP contribution in [0.3, 0.4) is 0 Å². The second-order valence-electron chi connectivity index (χ2n) is 8.99. The maximum Gasteiger partial charge on any atom is 0.230 e. The van der Waals surface area contributed by atoms with Crippen molar-refractivity contribution in [3.63, 3.8) is 0 Å². The molecule has 1 aromatic carbocycles. The van der Waals surface area contributed by atoms with Crippen LogP contribution in [-0.4, -0.2) is 56.4 Å². The van der Waals surface area contributed by atoms with E-state index in [-0.39, 0.29) is 35.3 Å². The van der Waals surface area contributed by atoms with Crippen LogP contribution in [0.15, 0.2) is 52.1 Å². The molecule has 2 aromatic rings. The topological polar surface area (TPSA) is 73.1 Å². The number of hydrogen-bond acceptors (Lipinski definition) is 4. The van der Waals surface area contributed by atoms with Gasteiger partial charge in [0.1, 0.15) is 5.76 Å². The van der Waals surface area contributed by atoms with Crippen LogP contribution in [0.2, 0.25) is 0 Å². The molecule has 182 valence electrons. The van der Waals surface area contributed by atoms with Gasteiger partial charge in [-0.1, -0.05) is 37.1 Å². The number of amides is 1. The Morgan fingerprint density at radius 1 is 1.03 bits per heavy atom. The Balaban J connectivity index is 0.00000385.